The van der Waals surface area contributed by atoms with Crippen LogP contribution in [0, 0.1) is 5.41 Å². The molecule has 1 aliphatic carbocycles. The summed E-state index contributed by atoms with van der Waals surface area (Å²) in [6, 6.07) is 0.829. The molecule has 6 nitrogen and oxygen atoms in total. The summed E-state index contributed by atoms with van der Waals surface area (Å²) in [5, 5.41) is 3.87. The van der Waals surface area contributed by atoms with Crippen LogP contribution in [0.15, 0.2) is 17.6 Å². The molecule has 3 aliphatic rings. The maximum absolute atomic E-state index is 13.1. The Balaban J connectivity index is 1.76. The second kappa shape index (κ2) is 4.79. The van der Waals surface area contributed by atoms with Gasteiger partial charge in [0.05, 0.1) is 6.33 Å². The molecule has 2 bridgehead atoms. The van der Waals surface area contributed by atoms with E-state index in [9.17, 15) is 8.42 Å². The van der Waals surface area contributed by atoms with Crippen LogP contribution in [0.1, 0.15) is 39.0 Å². The van der Waals surface area contributed by atoms with E-state index in [0.717, 1.165) is 19.3 Å². The molecule has 4 atom stereocenters. The SMILES string of the molecule is Cn1cnc(S(=O)(=O)N2C[C@@H]3C[C@@]4(C)[C@H](CCCC[C@@H]24)N3)c1. The molecule has 4 rings (SSSR count). The third-order valence-electron chi connectivity index (χ3n) is 5.90. The highest BCUT2D eigenvalue weighted by atomic mass is 32.2. The topological polar surface area (TPSA) is 67.2 Å². The van der Waals surface area contributed by atoms with Crippen LogP contribution in [-0.2, 0) is 17.1 Å². The normalized spacial score (nSPS) is 38.9. The van der Waals surface area contributed by atoms with Crippen molar-refractivity contribution in [3.05, 3.63) is 12.5 Å². The van der Waals surface area contributed by atoms with Crippen molar-refractivity contribution in [3.63, 3.8) is 0 Å². The van der Waals surface area contributed by atoms with Crippen molar-refractivity contribution in [2.24, 2.45) is 12.5 Å². The van der Waals surface area contributed by atoms with Gasteiger partial charge in [0.1, 0.15) is 0 Å². The van der Waals surface area contributed by atoms with E-state index in [2.05, 4.69) is 17.2 Å². The van der Waals surface area contributed by atoms with Crippen LogP contribution in [-0.4, -0.2) is 46.9 Å². The maximum atomic E-state index is 13.1. The lowest BCUT2D eigenvalue weighted by molar-refractivity contribution is 0.0989. The molecule has 0 radical (unpaired) electrons. The third-order valence-corrected chi connectivity index (χ3v) is 7.66. The first kappa shape index (κ1) is 14.7. The minimum atomic E-state index is -3.51. The van der Waals surface area contributed by atoms with Gasteiger partial charge in [-0.1, -0.05) is 19.8 Å². The van der Waals surface area contributed by atoms with Crippen LogP contribution in [0.2, 0.25) is 0 Å². The number of nitrogens with one attached hydrogen (secondary N) is 1. The molecular formula is C15H24N4O2S. The number of rotatable bonds is 2. The fourth-order valence-electron chi connectivity index (χ4n) is 4.85. The van der Waals surface area contributed by atoms with Crippen molar-refractivity contribution < 1.29 is 8.42 Å². The summed E-state index contributed by atoms with van der Waals surface area (Å²) < 4.78 is 29.6. The van der Waals surface area contributed by atoms with Crippen molar-refractivity contribution in [1.29, 1.82) is 0 Å². The molecule has 3 fully saturated rings. The lowest BCUT2D eigenvalue weighted by Crippen LogP contribution is -2.55. The van der Waals surface area contributed by atoms with Gasteiger partial charge in [0.15, 0.2) is 5.03 Å². The zero-order valence-electron chi connectivity index (χ0n) is 13.2. The minimum absolute atomic E-state index is 0.0568. The van der Waals surface area contributed by atoms with Crippen molar-refractivity contribution in [2.75, 3.05) is 6.54 Å². The van der Waals surface area contributed by atoms with Gasteiger partial charge in [0, 0.05) is 43.3 Å². The second-order valence-corrected chi connectivity index (χ2v) is 9.22. The minimum Gasteiger partial charge on any atom is -0.339 e. The number of imidazole rings is 1. The highest BCUT2D eigenvalue weighted by Gasteiger charge is 2.57. The number of hydrogen-bond acceptors (Lipinski definition) is 4. The molecule has 2 saturated heterocycles. The van der Waals surface area contributed by atoms with Crippen molar-refractivity contribution in [3.8, 4) is 0 Å². The molecule has 122 valence electrons. The molecule has 3 heterocycles. The Kier molecular flexibility index (Phi) is 3.19. The summed E-state index contributed by atoms with van der Waals surface area (Å²) in [7, 11) is -1.71. The standard InChI is InChI=1S/C15H24N4O2S/c1-15-7-11-8-19(13(15)6-4-3-5-12(15)17-11)22(20,21)14-9-18(2)10-16-14/h9-13,17H,3-8H2,1-2H3/t11-,12-,13+,15-/m0/s1. The third kappa shape index (κ3) is 1.98. The van der Waals surface area contributed by atoms with Gasteiger partial charge >= 0.3 is 0 Å². The molecule has 1 aromatic rings. The average Bonchev–Trinajstić information content (AvgIpc) is 2.96. The molecule has 0 aromatic carbocycles. The summed E-state index contributed by atoms with van der Waals surface area (Å²) in [4.78, 5) is 4.10. The Bertz CT molecular complexity index is 685. The first-order chi connectivity index (χ1) is 10.4. The Hall–Kier alpha value is -0.920. The summed E-state index contributed by atoms with van der Waals surface area (Å²) >= 11 is 0. The predicted molar refractivity (Wildman–Crippen MR) is 82.8 cm³/mol. The summed E-state index contributed by atoms with van der Waals surface area (Å²) in [5.41, 5.74) is 0.0568. The van der Waals surface area contributed by atoms with E-state index in [4.69, 9.17) is 0 Å². The van der Waals surface area contributed by atoms with Crippen LogP contribution in [0.25, 0.3) is 0 Å². The zero-order valence-corrected chi connectivity index (χ0v) is 14.0. The van der Waals surface area contributed by atoms with E-state index >= 15 is 0 Å². The van der Waals surface area contributed by atoms with Gasteiger partial charge in [-0.3, -0.25) is 0 Å². The average molecular weight is 324 g/mol. The predicted octanol–water partition coefficient (Wildman–Crippen LogP) is 1.10. The van der Waals surface area contributed by atoms with E-state index in [1.165, 1.54) is 12.8 Å². The van der Waals surface area contributed by atoms with Gasteiger partial charge in [0.25, 0.3) is 10.0 Å². The van der Waals surface area contributed by atoms with Crippen LogP contribution >= 0.6 is 0 Å². The molecule has 0 spiro atoms. The van der Waals surface area contributed by atoms with Crippen molar-refractivity contribution in [2.45, 2.75) is 62.2 Å². The number of nitrogens with zero attached hydrogens (tertiary/aromatic N) is 3. The smallest absolute Gasteiger partial charge is 0.262 e. The van der Waals surface area contributed by atoms with E-state index < -0.39 is 10.0 Å². The van der Waals surface area contributed by atoms with Gasteiger partial charge in [-0.15, -0.1) is 0 Å². The summed E-state index contributed by atoms with van der Waals surface area (Å²) in [6.45, 7) is 2.86. The molecule has 0 unspecified atom stereocenters. The molecule has 1 aromatic heterocycles. The quantitative estimate of drug-likeness (QED) is 0.885. The van der Waals surface area contributed by atoms with Crippen molar-refractivity contribution in [1.82, 2.24) is 19.2 Å². The zero-order chi connectivity index (χ0) is 15.5. The molecule has 7 heteroatoms. The van der Waals surface area contributed by atoms with Crippen molar-refractivity contribution >= 4 is 10.0 Å². The number of aryl methyl sites for hydroxylation is 1. The molecule has 0 amide bonds. The number of aromatic nitrogens is 2. The Morgan fingerprint density at radius 1 is 1.36 bits per heavy atom. The Morgan fingerprint density at radius 3 is 2.86 bits per heavy atom. The number of fused-ring (bicyclic) bond motifs is 1. The van der Waals surface area contributed by atoms with Gasteiger partial charge < -0.3 is 9.88 Å². The Morgan fingerprint density at radius 2 is 2.14 bits per heavy atom. The van der Waals surface area contributed by atoms with Crippen LogP contribution in [0.4, 0.5) is 0 Å². The fraction of sp³-hybridized carbons (Fsp3) is 0.800. The monoisotopic (exact) mass is 324 g/mol. The summed E-state index contributed by atoms with van der Waals surface area (Å²) in [5.74, 6) is 0. The first-order valence-corrected chi connectivity index (χ1v) is 9.61. The summed E-state index contributed by atoms with van der Waals surface area (Å²) in [6.07, 6.45) is 8.69. The molecule has 22 heavy (non-hydrogen) atoms. The lowest BCUT2D eigenvalue weighted by atomic mass is 9.72. The highest BCUT2D eigenvalue weighted by Crippen LogP contribution is 2.50. The second-order valence-electron chi connectivity index (χ2n) is 7.38. The maximum Gasteiger partial charge on any atom is 0.262 e. The fourth-order valence-corrected chi connectivity index (χ4v) is 6.62. The number of hydrogen-bond donors (Lipinski definition) is 1. The molecule has 1 N–H and O–H groups in total. The van der Waals surface area contributed by atoms with E-state index in [1.54, 1.807) is 28.4 Å². The van der Waals surface area contributed by atoms with E-state index in [0.29, 0.717) is 12.6 Å². The highest BCUT2D eigenvalue weighted by molar-refractivity contribution is 7.89. The van der Waals surface area contributed by atoms with E-state index in [-0.39, 0.29) is 22.5 Å². The molecule has 1 saturated carbocycles. The van der Waals surface area contributed by atoms with Gasteiger partial charge in [-0.2, -0.15) is 4.31 Å². The van der Waals surface area contributed by atoms with Gasteiger partial charge in [0.2, 0.25) is 0 Å². The van der Waals surface area contributed by atoms with Crippen LogP contribution in [0.5, 0.6) is 0 Å². The van der Waals surface area contributed by atoms with Crippen LogP contribution in [0.3, 0.4) is 0 Å². The van der Waals surface area contributed by atoms with Crippen LogP contribution < -0.4 is 5.32 Å². The van der Waals surface area contributed by atoms with E-state index in [1.807, 2.05) is 0 Å². The lowest BCUT2D eigenvalue weighted by Gasteiger charge is -2.45. The van der Waals surface area contributed by atoms with Gasteiger partial charge in [-0.25, -0.2) is 13.4 Å². The van der Waals surface area contributed by atoms with Gasteiger partial charge in [-0.05, 0) is 19.3 Å². The largest absolute Gasteiger partial charge is 0.339 e. The Labute approximate surface area is 132 Å². The molecular weight excluding hydrogens is 300 g/mol. The number of sulfonamides is 1. The number of piperidine rings is 1. The molecule has 2 aliphatic heterocycles. The first-order valence-electron chi connectivity index (χ1n) is 8.17.